The van der Waals surface area contributed by atoms with Crippen LogP contribution in [-0.2, 0) is 0 Å². The van der Waals surface area contributed by atoms with Crippen molar-refractivity contribution in [3.05, 3.63) is 72.0 Å². The molecule has 0 spiro atoms. The average molecular weight is 391 g/mol. The molecule has 0 saturated carbocycles. The van der Waals surface area contributed by atoms with Crippen LogP contribution in [0.2, 0.25) is 0 Å². The Kier molecular flexibility index (Phi) is 5.11. The Morgan fingerprint density at radius 3 is 2.79 bits per heavy atom. The monoisotopic (exact) mass is 391 g/mol. The van der Waals surface area contributed by atoms with Gasteiger partial charge in [0, 0.05) is 29.5 Å². The van der Waals surface area contributed by atoms with E-state index in [0.717, 1.165) is 17.0 Å². The molecule has 0 bridgehead atoms. The summed E-state index contributed by atoms with van der Waals surface area (Å²) in [6, 6.07) is 12.9. The number of rotatable bonds is 6. The highest BCUT2D eigenvalue weighted by Gasteiger charge is 2.16. The van der Waals surface area contributed by atoms with Crippen LogP contribution >= 0.6 is 11.3 Å². The van der Waals surface area contributed by atoms with Gasteiger partial charge in [-0.3, -0.25) is 10.1 Å². The molecule has 4 aromatic rings. The second-order valence-electron chi connectivity index (χ2n) is 5.77. The van der Waals surface area contributed by atoms with Crippen LogP contribution in [-0.4, -0.2) is 32.3 Å². The van der Waals surface area contributed by atoms with Crippen LogP contribution in [0, 0.1) is 0 Å². The number of hydrogen-bond acceptors (Lipinski definition) is 6. The predicted molar refractivity (Wildman–Crippen MR) is 108 cm³/mol. The van der Waals surface area contributed by atoms with E-state index >= 15 is 0 Å². The van der Waals surface area contributed by atoms with Gasteiger partial charge < -0.3 is 4.74 Å². The Morgan fingerprint density at radius 1 is 1.18 bits per heavy atom. The van der Waals surface area contributed by atoms with Crippen LogP contribution in [0.15, 0.2) is 66.4 Å². The minimum absolute atomic E-state index is 0.286. The lowest BCUT2D eigenvalue weighted by atomic mass is 10.2. The molecule has 1 aromatic carbocycles. The van der Waals surface area contributed by atoms with Gasteiger partial charge >= 0.3 is 0 Å². The third kappa shape index (κ3) is 3.77. The maximum absolute atomic E-state index is 12.8. The summed E-state index contributed by atoms with van der Waals surface area (Å²) >= 11 is 1.37. The van der Waals surface area contributed by atoms with E-state index in [-0.39, 0.29) is 5.91 Å². The average Bonchev–Trinajstić information content (AvgIpc) is 3.41. The summed E-state index contributed by atoms with van der Waals surface area (Å²) < 4.78 is 7.02. The number of carbonyl (C=O) groups is 1. The standard InChI is InChI=1S/C20H17N5O2S/c1-2-27-15-8-6-14(7-9-15)17-13-28-20(23-17)24-19(26)16-5-3-10-21-18(16)25-12-4-11-22-25/h3-13H,2H2,1H3,(H,23,24,26). The molecule has 0 unspecified atom stereocenters. The number of benzene rings is 1. The number of nitrogens with one attached hydrogen (secondary N) is 1. The van der Waals surface area contributed by atoms with Gasteiger partial charge in [0.15, 0.2) is 10.9 Å². The maximum atomic E-state index is 12.8. The van der Waals surface area contributed by atoms with Gasteiger partial charge in [0.2, 0.25) is 0 Å². The third-order valence-corrected chi connectivity index (χ3v) is 4.70. The van der Waals surface area contributed by atoms with Crippen molar-refractivity contribution in [2.75, 3.05) is 11.9 Å². The Bertz CT molecular complexity index is 1070. The van der Waals surface area contributed by atoms with Crippen LogP contribution in [0.5, 0.6) is 5.75 Å². The van der Waals surface area contributed by atoms with Crippen molar-refractivity contribution in [3.63, 3.8) is 0 Å². The molecule has 4 rings (SSSR count). The number of amides is 1. The second kappa shape index (κ2) is 8.01. The first-order valence-electron chi connectivity index (χ1n) is 8.69. The molecule has 0 aliphatic rings. The second-order valence-corrected chi connectivity index (χ2v) is 6.63. The summed E-state index contributed by atoms with van der Waals surface area (Å²) in [7, 11) is 0. The van der Waals surface area contributed by atoms with Gasteiger partial charge in [0.05, 0.1) is 17.9 Å². The Balaban J connectivity index is 1.52. The minimum Gasteiger partial charge on any atom is -0.494 e. The molecule has 1 N–H and O–H groups in total. The SMILES string of the molecule is CCOc1ccc(-c2csc(NC(=O)c3cccnc3-n3cccn3)n2)cc1. The molecular weight excluding hydrogens is 374 g/mol. The zero-order chi connectivity index (χ0) is 19.3. The molecule has 0 aliphatic carbocycles. The molecule has 3 heterocycles. The van der Waals surface area contributed by atoms with E-state index in [1.165, 1.54) is 11.3 Å². The summed E-state index contributed by atoms with van der Waals surface area (Å²) in [5.74, 6) is 0.997. The molecule has 7 nitrogen and oxygen atoms in total. The first-order chi connectivity index (χ1) is 13.7. The number of hydrogen-bond donors (Lipinski definition) is 1. The molecule has 8 heteroatoms. The minimum atomic E-state index is -0.286. The summed E-state index contributed by atoms with van der Waals surface area (Å²) in [6.07, 6.45) is 5.01. The van der Waals surface area contributed by atoms with Crippen LogP contribution < -0.4 is 10.1 Å². The van der Waals surface area contributed by atoms with E-state index in [9.17, 15) is 4.79 Å². The van der Waals surface area contributed by atoms with Crippen molar-refractivity contribution in [1.29, 1.82) is 0 Å². The number of carbonyl (C=O) groups excluding carboxylic acids is 1. The van der Waals surface area contributed by atoms with Gasteiger partial charge in [-0.2, -0.15) is 5.10 Å². The quantitative estimate of drug-likeness (QED) is 0.536. The Hall–Kier alpha value is -3.52. The molecule has 0 radical (unpaired) electrons. The molecule has 0 atom stereocenters. The number of anilines is 1. The molecule has 140 valence electrons. The fourth-order valence-electron chi connectivity index (χ4n) is 2.67. The molecule has 0 saturated heterocycles. The number of pyridine rings is 1. The lowest BCUT2D eigenvalue weighted by Crippen LogP contribution is -2.16. The molecule has 1 amide bonds. The molecule has 0 aliphatic heterocycles. The van der Waals surface area contributed by atoms with Gasteiger partial charge in [0.25, 0.3) is 5.91 Å². The third-order valence-electron chi connectivity index (χ3n) is 3.94. The van der Waals surface area contributed by atoms with Crippen LogP contribution in [0.3, 0.4) is 0 Å². The molecule has 3 aromatic heterocycles. The van der Waals surface area contributed by atoms with Crippen molar-refractivity contribution in [2.45, 2.75) is 6.92 Å². The fraction of sp³-hybridized carbons (Fsp3) is 0.100. The van der Waals surface area contributed by atoms with E-state index in [4.69, 9.17) is 4.74 Å². The number of thiazole rings is 1. The van der Waals surface area contributed by atoms with Gasteiger partial charge in [-0.1, -0.05) is 0 Å². The van der Waals surface area contributed by atoms with Gasteiger partial charge in [-0.15, -0.1) is 11.3 Å². The lowest BCUT2D eigenvalue weighted by Gasteiger charge is -2.07. The number of nitrogens with zero attached hydrogens (tertiary/aromatic N) is 4. The van der Waals surface area contributed by atoms with E-state index in [1.54, 1.807) is 41.5 Å². The molecular formula is C20H17N5O2S. The highest BCUT2D eigenvalue weighted by Crippen LogP contribution is 2.27. The van der Waals surface area contributed by atoms with Crippen molar-refractivity contribution >= 4 is 22.4 Å². The summed E-state index contributed by atoms with van der Waals surface area (Å²) in [6.45, 7) is 2.57. The van der Waals surface area contributed by atoms with Crippen molar-refractivity contribution in [2.24, 2.45) is 0 Å². The van der Waals surface area contributed by atoms with Crippen molar-refractivity contribution in [1.82, 2.24) is 19.7 Å². The maximum Gasteiger partial charge on any atom is 0.261 e. The zero-order valence-electron chi connectivity index (χ0n) is 15.1. The summed E-state index contributed by atoms with van der Waals surface area (Å²) in [5.41, 5.74) is 2.17. The summed E-state index contributed by atoms with van der Waals surface area (Å²) in [5, 5.41) is 9.42. The van der Waals surface area contributed by atoms with Crippen LogP contribution in [0.1, 0.15) is 17.3 Å². The lowest BCUT2D eigenvalue weighted by molar-refractivity contribution is 0.102. The molecule has 0 fully saturated rings. The Labute approximate surface area is 165 Å². The van der Waals surface area contributed by atoms with Gasteiger partial charge in [-0.05, 0) is 49.4 Å². The summed E-state index contributed by atoms with van der Waals surface area (Å²) in [4.78, 5) is 21.5. The normalized spacial score (nSPS) is 10.6. The van der Waals surface area contributed by atoms with E-state index < -0.39 is 0 Å². The van der Waals surface area contributed by atoms with Crippen LogP contribution in [0.25, 0.3) is 17.1 Å². The van der Waals surface area contributed by atoms with Gasteiger partial charge in [0.1, 0.15) is 5.75 Å². The van der Waals surface area contributed by atoms with Gasteiger partial charge in [-0.25, -0.2) is 14.6 Å². The highest BCUT2D eigenvalue weighted by atomic mass is 32.1. The van der Waals surface area contributed by atoms with Crippen LogP contribution in [0.4, 0.5) is 5.13 Å². The van der Waals surface area contributed by atoms with E-state index in [2.05, 4.69) is 20.4 Å². The highest BCUT2D eigenvalue weighted by molar-refractivity contribution is 7.14. The van der Waals surface area contributed by atoms with E-state index in [0.29, 0.717) is 23.1 Å². The fourth-order valence-corrected chi connectivity index (χ4v) is 3.38. The predicted octanol–water partition coefficient (Wildman–Crippen LogP) is 4.04. The van der Waals surface area contributed by atoms with E-state index in [1.807, 2.05) is 36.6 Å². The smallest absolute Gasteiger partial charge is 0.261 e. The number of ether oxygens (including phenoxy) is 1. The topological polar surface area (TPSA) is 81.9 Å². The van der Waals surface area contributed by atoms with Crippen molar-refractivity contribution < 1.29 is 9.53 Å². The number of aromatic nitrogens is 4. The largest absolute Gasteiger partial charge is 0.494 e. The zero-order valence-corrected chi connectivity index (χ0v) is 15.9. The molecule has 28 heavy (non-hydrogen) atoms. The first-order valence-corrected chi connectivity index (χ1v) is 9.57. The van der Waals surface area contributed by atoms with Crippen molar-refractivity contribution in [3.8, 4) is 22.8 Å². The Morgan fingerprint density at radius 2 is 2.04 bits per heavy atom. The first kappa shape index (κ1) is 17.9.